The number of aryl methyl sites for hydroxylation is 1. The molecule has 180 valence electrons. The molecule has 0 aliphatic heterocycles. The number of imidazole rings is 1. The summed E-state index contributed by atoms with van der Waals surface area (Å²) in [7, 11) is 1.52. The van der Waals surface area contributed by atoms with Gasteiger partial charge in [-0.15, -0.1) is 0 Å². The number of anilines is 1. The van der Waals surface area contributed by atoms with Crippen LogP contribution in [0.5, 0.6) is 17.4 Å². The van der Waals surface area contributed by atoms with Crippen molar-refractivity contribution < 1.29 is 24.1 Å². The Morgan fingerprint density at radius 2 is 1.80 bits per heavy atom. The van der Waals surface area contributed by atoms with E-state index in [1.807, 2.05) is 0 Å². The third kappa shape index (κ3) is 5.49. The fourth-order valence-electron chi connectivity index (χ4n) is 3.62. The first-order valence-electron chi connectivity index (χ1n) is 10.7. The number of aromatic nitrogens is 3. The van der Waals surface area contributed by atoms with Gasteiger partial charge in [0.25, 0.3) is 0 Å². The van der Waals surface area contributed by atoms with Crippen LogP contribution in [0, 0.1) is 10.6 Å². The summed E-state index contributed by atoms with van der Waals surface area (Å²) in [4.78, 5) is 17.0. The Labute approximate surface area is 205 Å². The molecule has 4 aromatic rings. The van der Waals surface area contributed by atoms with Crippen molar-refractivity contribution in [3.63, 3.8) is 0 Å². The van der Waals surface area contributed by atoms with Crippen LogP contribution in [0.1, 0.15) is 11.3 Å². The van der Waals surface area contributed by atoms with Crippen LogP contribution < -0.4 is 10.1 Å². The van der Waals surface area contributed by atoms with Crippen LogP contribution in [0.25, 0.3) is 5.69 Å². The van der Waals surface area contributed by atoms with Gasteiger partial charge in [-0.2, -0.15) is 0 Å². The second-order valence-electron chi connectivity index (χ2n) is 7.74. The Kier molecular flexibility index (Phi) is 7.11. The van der Waals surface area contributed by atoms with Crippen LogP contribution in [0.4, 0.5) is 10.2 Å². The van der Waals surface area contributed by atoms with Gasteiger partial charge in [-0.3, -0.25) is 9.36 Å². The predicted molar refractivity (Wildman–Crippen MR) is 131 cm³/mol. The van der Waals surface area contributed by atoms with Crippen molar-refractivity contribution in [2.24, 2.45) is 0 Å². The Bertz CT molecular complexity index is 1380. The predicted octanol–water partition coefficient (Wildman–Crippen LogP) is 4.39. The molecule has 0 saturated carbocycles. The average molecular weight is 495 g/mol. The summed E-state index contributed by atoms with van der Waals surface area (Å²) < 4.78 is 21.9. The van der Waals surface area contributed by atoms with Crippen LogP contribution in [0.15, 0.2) is 66.9 Å². The van der Waals surface area contributed by atoms with E-state index < -0.39 is 11.7 Å². The van der Waals surface area contributed by atoms with Crippen molar-refractivity contribution in [2.45, 2.75) is 19.4 Å². The summed E-state index contributed by atoms with van der Waals surface area (Å²) in [5.74, 6) is 0.0307. The summed E-state index contributed by atoms with van der Waals surface area (Å²) >= 11 is 5.64. The molecule has 4 rings (SSSR count). The lowest BCUT2D eigenvalue weighted by Crippen LogP contribution is -2.18. The molecule has 0 radical (unpaired) electrons. The monoisotopic (exact) mass is 494 g/mol. The molecule has 2 aromatic carbocycles. The van der Waals surface area contributed by atoms with E-state index in [4.69, 9.17) is 17.0 Å². The Morgan fingerprint density at radius 1 is 1.09 bits per heavy atom. The molecule has 35 heavy (non-hydrogen) atoms. The average Bonchev–Trinajstić information content (AvgIpc) is 3.08. The second-order valence-corrected chi connectivity index (χ2v) is 8.11. The highest BCUT2D eigenvalue weighted by atomic mass is 32.1. The molecule has 0 unspecified atom stereocenters. The van der Waals surface area contributed by atoms with Crippen LogP contribution in [-0.2, 0) is 24.2 Å². The van der Waals surface area contributed by atoms with Crippen molar-refractivity contribution in [3.8, 4) is 23.1 Å². The van der Waals surface area contributed by atoms with Gasteiger partial charge in [0.15, 0.2) is 4.77 Å². The third-order valence-corrected chi connectivity index (χ3v) is 5.83. The van der Waals surface area contributed by atoms with E-state index in [0.717, 1.165) is 5.56 Å². The fraction of sp³-hybridized carbons (Fsp3) is 0.160. The molecule has 0 spiro atoms. The fourth-order valence-corrected chi connectivity index (χ4v) is 4.02. The highest BCUT2D eigenvalue weighted by Crippen LogP contribution is 2.27. The van der Waals surface area contributed by atoms with E-state index in [1.165, 1.54) is 42.1 Å². The number of carbonyl (C=O) groups excluding carboxylic acids is 1. The van der Waals surface area contributed by atoms with Crippen molar-refractivity contribution in [2.75, 3.05) is 12.4 Å². The maximum absolute atomic E-state index is 13.5. The SMILES string of the molecule is COc1ccc(NC(=O)Cc2c(O)n(-c3ccc(F)cc3)c(=S)n2CCc2ccc(O)cc2)nc1. The lowest BCUT2D eigenvalue weighted by Gasteiger charge is -2.09. The van der Waals surface area contributed by atoms with Crippen molar-refractivity contribution >= 4 is 23.9 Å². The first-order chi connectivity index (χ1) is 16.9. The number of methoxy groups -OCH3 is 1. The molecule has 0 aliphatic rings. The number of hydrogen-bond acceptors (Lipinski definition) is 6. The van der Waals surface area contributed by atoms with Crippen LogP contribution in [0.2, 0.25) is 0 Å². The normalized spacial score (nSPS) is 10.8. The van der Waals surface area contributed by atoms with E-state index in [2.05, 4.69) is 10.3 Å². The first-order valence-corrected chi connectivity index (χ1v) is 11.1. The Hall–Kier alpha value is -4.18. The number of phenols is 1. The van der Waals surface area contributed by atoms with E-state index >= 15 is 0 Å². The molecule has 8 nitrogen and oxygen atoms in total. The van der Waals surface area contributed by atoms with E-state index in [9.17, 15) is 19.4 Å². The quantitative estimate of drug-likeness (QED) is 0.314. The number of rotatable bonds is 8. The van der Waals surface area contributed by atoms with Gasteiger partial charge >= 0.3 is 0 Å². The maximum atomic E-state index is 13.5. The lowest BCUT2D eigenvalue weighted by molar-refractivity contribution is -0.115. The van der Waals surface area contributed by atoms with Gasteiger partial charge in [0.1, 0.15) is 23.1 Å². The van der Waals surface area contributed by atoms with Crippen molar-refractivity contribution in [1.29, 1.82) is 0 Å². The zero-order chi connectivity index (χ0) is 24.9. The van der Waals surface area contributed by atoms with Gasteiger partial charge in [-0.05, 0) is 72.7 Å². The number of carbonyl (C=O) groups is 1. The summed E-state index contributed by atoms with van der Waals surface area (Å²) in [5, 5.41) is 23.3. The number of ether oxygens (including phenoxy) is 1. The number of nitrogens with one attached hydrogen (secondary N) is 1. The largest absolute Gasteiger partial charge is 0.508 e. The minimum absolute atomic E-state index is 0.162. The third-order valence-electron chi connectivity index (χ3n) is 5.43. The molecule has 2 aromatic heterocycles. The van der Waals surface area contributed by atoms with E-state index in [1.54, 1.807) is 41.0 Å². The van der Waals surface area contributed by atoms with Gasteiger partial charge in [-0.25, -0.2) is 9.37 Å². The standard InChI is InChI=1S/C25H23FN4O4S/c1-34-20-10-11-22(27-15-20)28-23(32)14-21-24(33)30(18-6-4-17(26)5-7-18)25(35)29(21)13-12-16-2-8-19(31)9-3-16/h2-11,15,31,33H,12-14H2,1H3,(H,27,28,32). The summed E-state index contributed by atoms with van der Waals surface area (Å²) in [5.41, 5.74) is 1.72. The zero-order valence-corrected chi connectivity index (χ0v) is 19.6. The highest BCUT2D eigenvalue weighted by molar-refractivity contribution is 7.71. The Balaban J connectivity index is 1.65. The molecular weight excluding hydrogens is 471 g/mol. The summed E-state index contributed by atoms with van der Waals surface area (Å²) in [6, 6.07) is 15.6. The number of hydrogen-bond donors (Lipinski definition) is 3. The minimum atomic E-state index is -0.418. The van der Waals surface area contributed by atoms with Gasteiger partial charge in [0.05, 0.1) is 31.1 Å². The summed E-state index contributed by atoms with van der Waals surface area (Å²) in [6.07, 6.45) is 1.85. The number of nitrogens with zero attached hydrogens (tertiary/aromatic N) is 3. The number of amides is 1. The second kappa shape index (κ2) is 10.4. The molecule has 10 heteroatoms. The smallest absolute Gasteiger partial charge is 0.231 e. The molecule has 1 amide bonds. The van der Waals surface area contributed by atoms with Crippen molar-refractivity contribution in [3.05, 3.63) is 88.7 Å². The highest BCUT2D eigenvalue weighted by Gasteiger charge is 2.21. The molecule has 0 atom stereocenters. The van der Waals surface area contributed by atoms with Gasteiger partial charge in [0.2, 0.25) is 11.8 Å². The molecule has 0 fully saturated rings. The minimum Gasteiger partial charge on any atom is -0.508 e. The molecule has 0 saturated heterocycles. The van der Waals surface area contributed by atoms with Crippen molar-refractivity contribution in [1.82, 2.24) is 14.1 Å². The van der Waals surface area contributed by atoms with Gasteiger partial charge < -0.3 is 24.8 Å². The molecule has 0 aliphatic carbocycles. The number of aromatic hydroxyl groups is 2. The number of phenolic OH excluding ortho intramolecular Hbond substituents is 1. The molecule has 2 heterocycles. The maximum Gasteiger partial charge on any atom is 0.231 e. The lowest BCUT2D eigenvalue weighted by atomic mass is 10.1. The van der Waals surface area contributed by atoms with Crippen LogP contribution in [-0.4, -0.2) is 37.3 Å². The van der Waals surface area contributed by atoms with Gasteiger partial charge in [-0.1, -0.05) is 12.1 Å². The molecule has 0 bridgehead atoms. The molecule has 3 N–H and O–H groups in total. The zero-order valence-electron chi connectivity index (χ0n) is 18.8. The van der Waals surface area contributed by atoms with E-state index in [-0.39, 0.29) is 22.8 Å². The van der Waals surface area contributed by atoms with E-state index in [0.29, 0.717) is 35.9 Å². The number of pyridine rings is 1. The van der Waals surface area contributed by atoms with Crippen LogP contribution >= 0.6 is 12.2 Å². The van der Waals surface area contributed by atoms with Gasteiger partial charge in [0, 0.05) is 6.54 Å². The number of benzene rings is 2. The topological polar surface area (TPSA) is 102 Å². The number of halogens is 1. The van der Waals surface area contributed by atoms with Crippen LogP contribution in [0.3, 0.4) is 0 Å². The first kappa shape index (κ1) is 24.0. The Morgan fingerprint density at radius 3 is 2.43 bits per heavy atom. The summed E-state index contributed by atoms with van der Waals surface area (Å²) in [6.45, 7) is 0.370. The molecular formula is C25H23FN4O4S.